The van der Waals surface area contributed by atoms with Gasteiger partial charge in [0.25, 0.3) is 0 Å². The van der Waals surface area contributed by atoms with Crippen LogP contribution in [0, 0.1) is 0 Å². The van der Waals surface area contributed by atoms with Crippen molar-refractivity contribution in [1.82, 2.24) is 0 Å². The van der Waals surface area contributed by atoms with Crippen LogP contribution < -0.4 is 0 Å². The lowest BCUT2D eigenvalue weighted by Gasteiger charge is -2.18. The second-order valence-electron chi connectivity index (χ2n) is 21.6. The number of allylic oxidation sites excluding steroid dienone is 12. The molecular weight excluding hydrogens is 925 g/mol. The maximum Gasteiger partial charge on any atom is 0.306 e. The molecule has 0 saturated carbocycles. The Labute approximate surface area is 465 Å². The molecule has 0 aromatic rings. The Morgan fingerprint density at radius 1 is 0.280 bits per heavy atom. The zero-order chi connectivity index (χ0) is 54.3. The van der Waals surface area contributed by atoms with Crippen LogP contribution in [0.25, 0.3) is 0 Å². The largest absolute Gasteiger partial charge is 0.462 e. The van der Waals surface area contributed by atoms with E-state index in [0.29, 0.717) is 19.3 Å². The first kappa shape index (κ1) is 71.8. The molecular formula is C69H122O6. The van der Waals surface area contributed by atoms with Crippen LogP contribution in [0.1, 0.15) is 329 Å². The smallest absolute Gasteiger partial charge is 0.306 e. The van der Waals surface area contributed by atoms with E-state index in [2.05, 4.69) is 93.7 Å². The Hall–Kier alpha value is -3.15. The Balaban J connectivity index is 3.90. The minimum Gasteiger partial charge on any atom is -0.462 e. The van der Waals surface area contributed by atoms with E-state index in [0.717, 1.165) is 109 Å². The summed E-state index contributed by atoms with van der Waals surface area (Å²) in [6.45, 7) is 6.44. The molecule has 0 rings (SSSR count). The molecule has 0 bridgehead atoms. The Kier molecular flexibility index (Phi) is 60.7. The van der Waals surface area contributed by atoms with Crippen LogP contribution in [-0.2, 0) is 28.6 Å². The van der Waals surface area contributed by atoms with Gasteiger partial charge in [0.2, 0.25) is 0 Å². The Bertz CT molecular complexity index is 1390. The van der Waals surface area contributed by atoms with E-state index in [9.17, 15) is 14.4 Å². The van der Waals surface area contributed by atoms with Crippen molar-refractivity contribution in [3.8, 4) is 0 Å². The highest BCUT2D eigenvalue weighted by Gasteiger charge is 2.19. The monoisotopic (exact) mass is 1050 g/mol. The number of carbonyl (C=O) groups excluding carboxylic acids is 3. The van der Waals surface area contributed by atoms with Crippen LogP contribution in [0.4, 0.5) is 0 Å². The highest BCUT2D eigenvalue weighted by atomic mass is 16.6. The number of hydrogen-bond acceptors (Lipinski definition) is 6. The molecule has 0 heterocycles. The summed E-state index contributed by atoms with van der Waals surface area (Å²) in [4.78, 5) is 37.8. The first-order chi connectivity index (χ1) is 37.0. The predicted molar refractivity (Wildman–Crippen MR) is 325 cm³/mol. The highest BCUT2D eigenvalue weighted by Crippen LogP contribution is 2.17. The maximum atomic E-state index is 12.8. The third kappa shape index (κ3) is 61.6. The quantitative estimate of drug-likeness (QED) is 0.0261. The normalized spacial score (nSPS) is 12.5. The van der Waals surface area contributed by atoms with Gasteiger partial charge in [-0.3, -0.25) is 14.4 Å². The van der Waals surface area contributed by atoms with Gasteiger partial charge in [-0.05, 0) is 89.9 Å². The molecule has 0 saturated heterocycles. The fourth-order valence-electron chi connectivity index (χ4n) is 9.35. The molecule has 0 aromatic heterocycles. The van der Waals surface area contributed by atoms with Crippen LogP contribution in [0.3, 0.4) is 0 Å². The second kappa shape index (κ2) is 63.4. The summed E-state index contributed by atoms with van der Waals surface area (Å²) in [5.74, 6) is -0.910. The van der Waals surface area contributed by atoms with E-state index in [-0.39, 0.29) is 31.1 Å². The second-order valence-corrected chi connectivity index (χ2v) is 21.6. The summed E-state index contributed by atoms with van der Waals surface area (Å²) < 4.78 is 16.7. The molecule has 75 heavy (non-hydrogen) atoms. The van der Waals surface area contributed by atoms with Gasteiger partial charge in [-0.15, -0.1) is 0 Å². The molecule has 0 aromatic carbocycles. The summed E-state index contributed by atoms with van der Waals surface area (Å²) in [5, 5.41) is 0. The first-order valence-corrected chi connectivity index (χ1v) is 32.4. The average molecular weight is 1050 g/mol. The number of unbranched alkanes of at least 4 members (excludes halogenated alkanes) is 36. The predicted octanol–water partition coefficient (Wildman–Crippen LogP) is 22.1. The van der Waals surface area contributed by atoms with Crippen molar-refractivity contribution < 1.29 is 28.6 Å². The SMILES string of the molecule is CC/C=C\C/C=C\C/C=C\C/C=C\CCCCCCC(=O)OC(COC(=O)CCCCCCC)COC(=O)CCCCCCCCCCCCCCCCCCCCCCCCC/C=C\C/C=C\CCCCCCC. The summed E-state index contributed by atoms with van der Waals surface area (Å²) in [7, 11) is 0. The molecule has 434 valence electrons. The van der Waals surface area contributed by atoms with Crippen molar-refractivity contribution in [3.63, 3.8) is 0 Å². The lowest BCUT2D eigenvalue weighted by Crippen LogP contribution is -2.30. The summed E-state index contributed by atoms with van der Waals surface area (Å²) >= 11 is 0. The van der Waals surface area contributed by atoms with Crippen molar-refractivity contribution in [2.75, 3.05) is 13.2 Å². The van der Waals surface area contributed by atoms with Gasteiger partial charge in [0.1, 0.15) is 13.2 Å². The van der Waals surface area contributed by atoms with Crippen molar-refractivity contribution in [2.45, 2.75) is 335 Å². The summed E-state index contributed by atoms with van der Waals surface area (Å²) in [6.07, 6.45) is 82.7. The summed E-state index contributed by atoms with van der Waals surface area (Å²) in [5.41, 5.74) is 0. The molecule has 1 unspecified atom stereocenters. The van der Waals surface area contributed by atoms with Crippen LogP contribution >= 0.6 is 0 Å². The van der Waals surface area contributed by atoms with Gasteiger partial charge in [-0.25, -0.2) is 0 Å². The van der Waals surface area contributed by atoms with Gasteiger partial charge in [0.05, 0.1) is 0 Å². The fraction of sp³-hybridized carbons (Fsp3) is 0.783. The Morgan fingerprint density at radius 3 is 0.813 bits per heavy atom. The highest BCUT2D eigenvalue weighted by molar-refractivity contribution is 5.71. The molecule has 0 spiro atoms. The van der Waals surface area contributed by atoms with Gasteiger partial charge >= 0.3 is 17.9 Å². The molecule has 0 aliphatic heterocycles. The van der Waals surface area contributed by atoms with Crippen molar-refractivity contribution >= 4 is 17.9 Å². The van der Waals surface area contributed by atoms with Gasteiger partial charge in [0, 0.05) is 19.3 Å². The van der Waals surface area contributed by atoms with Gasteiger partial charge in [0.15, 0.2) is 6.10 Å². The van der Waals surface area contributed by atoms with Crippen LogP contribution in [0.15, 0.2) is 72.9 Å². The third-order valence-corrected chi connectivity index (χ3v) is 14.2. The average Bonchev–Trinajstić information content (AvgIpc) is 3.41. The zero-order valence-electron chi connectivity index (χ0n) is 49.8. The van der Waals surface area contributed by atoms with Crippen molar-refractivity contribution in [1.29, 1.82) is 0 Å². The molecule has 0 aliphatic rings. The number of esters is 3. The Morgan fingerprint density at radius 2 is 0.520 bits per heavy atom. The molecule has 0 amide bonds. The molecule has 6 heteroatoms. The van der Waals surface area contributed by atoms with E-state index in [1.807, 2.05) is 0 Å². The zero-order valence-corrected chi connectivity index (χ0v) is 49.8. The van der Waals surface area contributed by atoms with E-state index in [4.69, 9.17) is 14.2 Å². The lowest BCUT2D eigenvalue weighted by molar-refractivity contribution is -0.167. The lowest BCUT2D eigenvalue weighted by atomic mass is 10.0. The number of rotatable bonds is 59. The van der Waals surface area contributed by atoms with E-state index >= 15 is 0 Å². The molecule has 0 aliphatic carbocycles. The third-order valence-electron chi connectivity index (χ3n) is 14.2. The number of hydrogen-bond donors (Lipinski definition) is 0. The van der Waals surface area contributed by atoms with Crippen LogP contribution in [0.5, 0.6) is 0 Å². The van der Waals surface area contributed by atoms with E-state index < -0.39 is 6.10 Å². The molecule has 0 radical (unpaired) electrons. The molecule has 0 N–H and O–H groups in total. The van der Waals surface area contributed by atoms with Crippen LogP contribution in [-0.4, -0.2) is 37.2 Å². The van der Waals surface area contributed by atoms with E-state index in [1.165, 1.54) is 180 Å². The molecule has 6 nitrogen and oxygen atoms in total. The first-order valence-electron chi connectivity index (χ1n) is 32.4. The fourth-order valence-corrected chi connectivity index (χ4v) is 9.35. The minimum atomic E-state index is -0.783. The van der Waals surface area contributed by atoms with Crippen molar-refractivity contribution in [2.24, 2.45) is 0 Å². The number of ether oxygens (including phenoxy) is 3. The maximum absolute atomic E-state index is 12.8. The van der Waals surface area contributed by atoms with Gasteiger partial charge in [-0.1, -0.05) is 293 Å². The van der Waals surface area contributed by atoms with Crippen molar-refractivity contribution in [3.05, 3.63) is 72.9 Å². The minimum absolute atomic E-state index is 0.0825. The molecule has 1 atom stereocenters. The number of carbonyl (C=O) groups is 3. The molecule has 0 fully saturated rings. The topological polar surface area (TPSA) is 78.9 Å². The van der Waals surface area contributed by atoms with Gasteiger partial charge < -0.3 is 14.2 Å². The summed E-state index contributed by atoms with van der Waals surface area (Å²) in [6, 6.07) is 0. The van der Waals surface area contributed by atoms with Crippen LogP contribution in [0.2, 0.25) is 0 Å². The van der Waals surface area contributed by atoms with Gasteiger partial charge in [-0.2, -0.15) is 0 Å². The standard InChI is InChI=1S/C69H122O6/c1-4-7-10-13-15-17-19-21-23-25-26-27-28-29-30-31-32-33-34-35-36-37-38-39-40-41-42-44-45-47-49-51-53-56-59-62-68(71)74-65-66(64-73-67(70)61-58-55-12-9-6-3)75-69(72)63-60-57-54-52-50-48-46-43-24-22-20-18-16-14-11-8-5-2/h8,11,16,18-19,21-22,24-26,46,48,66H,4-7,9-10,12-15,17,20,23,27-45,47,49-65H2,1-3H3/b11-8-,18-16-,21-19-,24-22-,26-25-,48-46-. The van der Waals surface area contributed by atoms with E-state index in [1.54, 1.807) is 0 Å².